The Balaban J connectivity index is 1.25. The summed E-state index contributed by atoms with van der Waals surface area (Å²) in [4.78, 5) is 23.4. The van der Waals surface area contributed by atoms with Crippen molar-refractivity contribution in [1.29, 1.82) is 0 Å². The smallest absolute Gasteiger partial charge is 0.305 e. The maximum absolute atomic E-state index is 11.7. The van der Waals surface area contributed by atoms with Crippen molar-refractivity contribution in [3.63, 3.8) is 0 Å². The number of carbonyl (C=O) groups is 2. The van der Waals surface area contributed by atoms with Crippen molar-refractivity contribution in [2.45, 2.75) is 109 Å². The number of unbranched alkanes of at least 4 members (excludes halogenated alkanes) is 8. The van der Waals surface area contributed by atoms with Crippen molar-refractivity contribution in [3.8, 4) is 0 Å². The van der Waals surface area contributed by atoms with Gasteiger partial charge in [-0.25, -0.2) is 0 Å². The molecule has 0 aromatic rings. The highest BCUT2D eigenvalue weighted by Crippen LogP contribution is 2.18. The molecule has 2 unspecified atom stereocenters. The Morgan fingerprint density at radius 2 is 0.966 bits per heavy atom. The van der Waals surface area contributed by atoms with E-state index in [2.05, 4.69) is 0 Å². The SMILES string of the molecule is O=C(CCCCCC(=O)OCCCCCCC1CO1)OCCCCCCC1CO1. The predicted molar refractivity (Wildman–Crippen MR) is 111 cm³/mol. The summed E-state index contributed by atoms with van der Waals surface area (Å²) in [7, 11) is 0. The summed E-state index contributed by atoms with van der Waals surface area (Å²) >= 11 is 0. The van der Waals surface area contributed by atoms with Gasteiger partial charge in [0.2, 0.25) is 0 Å². The second-order valence-corrected chi connectivity index (χ2v) is 8.32. The van der Waals surface area contributed by atoms with Crippen LogP contribution in [0.4, 0.5) is 0 Å². The van der Waals surface area contributed by atoms with Crippen LogP contribution in [-0.2, 0) is 28.5 Å². The number of esters is 2. The Bertz CT molecular complexity index is 405. The summed E-state index contributed by atoms with van der Waals surface area (Å²) in [6.07, 6.45) is 15.6. The van der Waals surface area contributed by atoms with Crippen LogP contribution < -0.4 is 0 Å². The van der Waals surface area contributed by atoms with Crippen LogP contribution in [0.1, 0.15) is 96.3 Å². The zero-order valence-corrected chi connectivity index (χ0v) is 18.0. The van der Waals surface area contributed by atoms with Crippen molar-refractivity contribution in [2.75, 3.05) is 26.4 Å². The Hall–Kier alpha value is -1.14. The first-order valence-corrected chi connectivity index (χ1v) is 11.8. The molecule has 2 fully saturated rings. The lowest BCUT2D eigenvalue weighted by atomic mass is 10.1. The van der Waals surface area contributed by atoms with Crippen LogP contribution in [0.2, 0.25) is 0 Å². The van der Waals surface area contributed by atoms with Gasteiger partial charge in [0.25, 0.3) is 0 Å². The average molecular weight is 413 g/mol. The van der Waals surface area contributed by atoms with Gasteiger partial charge in [0.1, 0.15) is 0 Å². The summed E-state index contributed by atoms with van der Waals surface area (Å²) in [5.74, 6) is -0.237. The molecule has 0 bridgehead atoms. The van der Waals surface area contributed by atoms with Gasteiger partial charge in [0.05, 0.1) is 38.6 Å². The fourth-order valence-corrected chi connectivity index (χ4v) is 3.36. The number of hydrogen-bond acceptors (Lipinski definition) is 6. The molecular weight excluding hydrogens is 372 g/mol. The Kier molecular flexibility index (Phi) is 13.0. The Morgan fingerprint density at radius 3 is 1.38 bits per heavy atom. The van der Waals surface area contributed by atoms with Crippen molar-refractivity contribution in [3.05, 3.63) is 0 Å². The van der Waals surface area contributed by atoms with Crippen LogP contribution in [0, 0.1) is 0 Å². The fourth-order valence-electron chi connectivity index (χ4n) is 3.36. The van der Waals surface area contributed by atoms with Crippen LogP contribution in [0.3, 0.4) is 0 Å². The molecule has 6 heteroatoms. The fraction of sp³-hybridized carbons (Fsp3) is 0.913. The van der Waals surface area contributed by atoms with Crippen molar-refractivity contribution in [2.24, 2.45) is 0 Å². The highest BCUT2D eigenvalue weighted by atomic mass is 16.6. The number of ether oxygens (including phenoxy) is 4. The molecule has 0 saturated carbocycles. The van der Waals surface area contributed by atoms with E-state index in [0.717, 1.165) is 58.2 Å². The van der Waals surface area contributed by atoms with Crippen LogP contribution in [0.15, 0.2) is 0 Å². The first-order chi connectivity index (χ1) is 14.2. The minimum Gasteiger partial charge on any atom is -0.466 e. The van der Waals surface area contributed by atoms with Gasteiger partial charge in [0.15, 0.2) is 0 Å². The van der Waals surface area contributed by atoms with E-state index in [-0.39, 0.29) is 11.9 Å². The van der Waals surface area contributed by atoms with E-state index in [1.54, 1.807) is 0 Å². The van der Waals surface area contributed by atoms with Gasteiger partial charge in [-0.2, -0.15) is 0 Å². The van der Waals surface area contributed by atoms with Crippen LogP contribution in [0.5, 0.6) is 0 Å². The third-order valence-electron chi connectivity index (χ3n) is 5.43. The first-order valence-electron chi connectivity index (χ1n) is 11.8. The maximum Gasteiger partial charge on any atom is 0.305 e. The van der Waals surface area contributed by atoms with E-state index < -0.39 is 0 Å². The summed E-state index contributed by atoms with van der Waals surface area (Å²) in [6.45, 7) is 2.94. The molecule has 2 aliphatic heterocycles. The Morgan fingerprint density at radius 1 is 0.586 bits per heavy atom. The lowest BCUT2D eigenvalue weighted by Crippen LogP contribution is -2.07. The molecule has 2 aliphatic rings. The summed E-state index contributed by atoms with van der Waals surface area (Å²) in [6, 6.07) is 0. The standard InChI is InChI=1S/C23H40O6/c24-22(26-16-10-3-1-6-12-20-18-28-20)14-8-5-9-15-23(25)27-17-11-4-2-7-13-21-19-29-21/h20-21H,1-19H2. The highest BCUT2D eigenvalue weighted by Gasteiger charge is 2.21. The molecule has 0 aromatic carbocycles. The molecule has 0 spiro atoms. The van der Waals surface area contributed by atoms with Gasteiger partial charge in [-0.1, -0.05) is 44.9 Å². The Labute approximate surface area is 176 Å². The summed E-state index contributed by atoms with van der Waals surface area (Å²) < 4.78 is 20.9. The number of carbonyl (C=O) groups excluding carboxylic acids is 2. The lowest BCUT2D eigenvalue weighted by molar-refractivity contribution is -0.144. The minimum atomic E-state index is -0.118. The van der Waals surface area contributed by atoms with E-state index in [9.17, 15) is 9.59 Å². The molecule has 29 heavy (non-hydrogen) atoms. The van der Waals surface area contributed by atoms with Crippen molar-refractivity contribution >= 4 is 11.9 Å². The number of hydrogen-bond donors (Lipinski definition) is 0. The zero-order valence-electron chi connectivity index (χ0n) is 18.0. The second-order valence-electron chi connectivity index (χ2n) is 8.32. The van der Waals surface area contributed by atoms with Crippen LogP contribution >= 0.6 is 0 Å². The third kappa shape index (κ3) is 15.4. The van der Waals surface area contributed by atoms with Gasteiger partial charge >= 0.3 is 11.9 Å². The van der Waals surface area contributed by atoms with E-state index in [1.165, 1.54) is 38.5 Å². The lowest BCUT2D eigenvalue weighted by Gasteiger charge is -2.06. The van der Waals surface area contributed by atoms with E-state index in [1.807, 2.05) is 0 Å². The van der Waals surface area contributed by atoms with Crippen molar-refractivity contribution < 1.29 is 28.5 Å². The van der Waals surface area contributed by atoms with Gasteiger partial charge in [-0.3, -0.25) is 9.59 Å². The second kappa shape index (κ2) is 15.7. The normalized spacial score (nSPS) is 19.7. The molecule has 0 aliphatic carbocycles. The molecule has 2 rings (SSSR count). The first kappa shape index (κ1) is 24.1. The minimum absolute atomic E-state index is 0.118. The van der Waals surface area contributed by atoms with Crippen molar-refractivity contribution in [1.82, 2.24) is 0 Å². The molecule has 2 heterocycles. The zero-order chi connectivity index (χ0) is 20.6. The molecule has 168 valence electrons. The summed E-state index contributed by atoms with van der Waals surface area (Å²) in [5, 5.41) is 0. The average Bonchev–Trinajstić information content (AvgIpc) is 3.61. The van der Waals surface area contributed by atoms with Gasteiger partial charge in [-0.15, -0.1) is 0 Å². The number of rotatable bonds is 20. The third-order valence-corrected chi connectivity index (χ3v) is 5.43. The monoisotopic (exact) mass is 412 g/mol. The number of epoxide rings is 2. The largest absolute Gasteiger partial charge is 0.466 e. The van der Waals surface area contributed by atoms with Gasteiger partial charge in [-0.05, 0) is 38.5 Å². The van der Waals surface area contributed by atoms with Gasteiger partial charge < -0.3 is 18.9 Å². The molecule has 0 N–H and O–H groups in total. The van der Waals surface area contributed by atoms with E-state index in [4.69, 9.17) is 18.9 Å². The highest BCUT2D eigenvalue weighted by molar-refractivity contribution is 5.69. The molecule has 2 atom stereocenters. The van der Waals surface area contributed by atoms with E-state index in [0.29, 0.717) is 38.3 Å². The van der Waals surface area contributed by atoms with Gasteiger partial charge in [0, 0.05) is 12.8 Å². The quantitative estimate of drug-likeness (QED) is 0.164. The molecule has 0 radical (unpaired) electrons. The molecule has 6 nitrogen and oxygen atoms in total. The van der Waals surface area contributed by atoms with E-state index >= 15 is 0 Å². The molecule has 2 saturated heterocycles. The van der Waals surface area contributed by atoms with Crippen LogP contribution in [0.25, 0.3) is 0 Å². The predicted octanol–water partition coefficient (Wildman–Crippen LogP) is 4.72. The molecule has 0 aromatic heterocycles. The molecule has 0 amide bonds. The topological polar surface area (TPSA) is 77.7 Å². The maximum atomic E-state index is 11.7. The summed E-state index contributed by atoms with van der Waals surface area (Å²) in [5.41, 5.74) is 0. The van der Waals surface area contributed by atoms with Crippen LogP contribution in [-0.4, -0.2) is 50.6 Å². The molecular formula is C23H40O6.